The van der Waals surface area contributed by atoms with Gasteiger partial charge >= 0.3 is 0 Å². The topological polar surface area (TPSA) is 66.4 Å². The summed E-state index contributed by atoms with van der Waals surface area (Å²) in [7, 11) is -3.62. The van der Waals surface area contributed by atoms with Crippen LogP contribution in [0.3, 0.4) is 0 Å². The molecule has 0 heterocycles. The van der Waals surface area contributed by atoms with E-state index in [-0.39, 0.29) is 11.4 Å². The van der Waals surface area contributed by atoms with Crippen molar-refractivity contribution in [1.82, 2.24) is 0 Å². The molecule has 0 bridgehead atoms. The lowest BCUT2D eigenvalue weighted by molar-refractivity contribution is 0.477. The molecule has 0 unspecified atom stereocenters. The van der Waals surface area contributed by atoms with Crippen LogP contribution in [0.2, 0.25) is 5.02 Å². The molecule has 0 amide bonds. The van der Waals surface area contributed by atoms with Gasteiger partial charge in [-0.3, -0.25) is 4.72 Å². The van der Waals surface area contributed by atoms with Gasteiger partial charge < -0.3 is 5.11 Å². The van der Waals surface area contributed by atoms with E-state index in [4.69, 9.17) is 11.6 Å². The number of phenolic OH excluding ortho intramolecular Hbond substituents is 1. The van der Waals surface area contributed by atoms with Gasteiger partial charge in [-0.2, -0.15) is 0 Å². The summed E-state index contributed by atoms with van der Waals surface area (Å²) in [5, 5.41) is 10.3. The SMILES string of the molecule is C=CS(=O)(=O)Nc1cc(Cl)ccc1O. The number of aromatic hydroxyl groups is 1. The van der Waals surface area contributed by atoms with Crippen LogP contribution in [0.25, 0.3) is 0 Å². The van der Waals surface area contributed by atoms with Crippen LogP contribution in [-0.2, 0) is 10.0 Å². The molecule has 4 nitrogen and oxygen atoms in total. The van der Waals surface area contributed by atoms with Gasteiger partial charge in [0.25, 0.3) is 10.0 Å². The molecule has 0 fully saturated rings. The van der Waals surface area contributed by atoms with Crippen LogP contribution in [0, 0.1) is 0 Å². The van der Waals surface area contributed by atoms with Crippen LogP contribution in [0.15, 0.2) is 30.2 Å². The van der Waals surface area contributed by atoms with Gasteiger partial charge in [0.1, 0.15) is 5.75 Å². The molecule has 0 aliphatic rings. The predicted octanol–water partition coefficient (Wildman–Crippen LogP) is 1.93. The van der Waals surface area contributed by atoms with E-state index < -0.39 is 10.0 Å². The minimum atomic E-state index is -3.62. The van der Waals surface area contributed by atoms with Gasteiger partial charge in [-0.05, 0) is 18.2 Å². The average Bonchev–Trinajstić information content (AvgIpc) is 2.11. The molecular formula is C8H8ClNO3S. The molecule has 1 aromatic carbocycles. The highest BCUT2D eigenvalue weighted by Gasteiger charge is 2.08. The van der Waals surface area contributed by atoms with E-state index in [1.54, 1.807) is 0 Å². The molecule has 2 N–H and O–H groups in total. The summed E-state index contributed by atoms with van der Waals surface area (Å²) in [6.07, 6.45) is 0. The van der Waals surface area contributed by atoms with Gasteiger partial charge in [0.2, 0.25) is 0 Å². The van der Waals surface area contributed by atoms with Crippen molar-refractivity contribution in [2.75, 3.05) is 4.72 Å². The smallest absolute Gasteiger partial charge is 0.254 e. The number of halogens is 1. The van der Waals surface area contributed by atoms with E-state index in [0.29, 0.717) is 5.02 Å². The Kier molecular flexibility index (Phi) is 3.03. The third kappa shape index (κ3) is 2.65. The van der Waals surface area contributed by atoms with Gasteiger partial charge in [0.15, 0.2) is 0 Å². The largest absolute Gasteiger partial charge is 0.506 e. The maximum Gasteiger partial charge on any atom is 0.254 e. The number of hydrogen-bond donors (Lipinski definition) is 2. The van der Waals surface area contributed by atoms with Crippen molar-refractivity contribution >= 4 is 27.3 Å². The summed E-state index contributed by atoms with van der Waals surface area (Å²) in [4.78, 5) is 0. The zero-order chi connectivity index (χ0) is 10.8. The summed E-state index contributed by atoms with van der Waals surface area (Å²) in [5.41, 5.74) is 0.0254. The van der Waals surface area contributed by atoms with Crippen molar-refractivity contribution in [3.8, 4) is 5.75 Å². The van der Waals surface area contributed by atoms with Crippen molar-refractivity contribution < 1.29 is 13.5 Å². The Balaban J connectivity index is 3.09. The first-order valence-corrected chi connectivity index (χ1v) is 5.51. The van der Waals surface area contributed by atoms with Crippen molar-refractivity contribution in [1.29, 1.82) is 0 Å². The Morgan fingerprint density at radius 1 is 1.50 bits per heavy atom. The Bertz CT molecular complexity index is 456. The molecule has 0 saturated heterocycles. The van der Waals surface area contributed by atoms with Crippen LogP contribution >= 0.6 is 11.6 Å². The number of rotatable bonds is 3. The first kappa shape index (κ1) is 10.9. The molecule has 14 heavy (non-hydrogen) atoms. The Hall–Kier alpha value is -1.20. The summed E-state index contributed by atoms with van der Waals surface area (Å²) in [5.74, 6) is -0.195. The number of sulfonamides is 1. The maximum atomic E-state index is 11.0. The Labute approximate surface area is 86.9 Å². The van der Waals surface area contributed by atoms with E-state index in [0.717, 1.165) is 5.41 Å². The highest BCUT2D eigenvalue weighted by atomic mass is 35.5. The minimum Gasteiger partial charge on any atom is -0.506 e. The van der Waals surface area contributed by atoms with Crippen molar-refractivity contribution in [3.63, 3.8) is 0 Å². The summed E-state index contributed by atoms with van der Waals surface area (Å²) in [6, 6.07) is 4.05. The first-order chi connectivity index (χ1) is 6.44. The quantitative estimate of drug-likeness (QED) is 0.784. The minimum absolute atomic E-state index is 0.0254. The van der Waals surface area contributed by atoms with Crippen molar-refractivity contribution in [3.05, 3.63) is 35.2 Å². The number of hydrogen-bond acceptors (Lipinski definition) is 3. The molecule has 0 spiro atoms. The van der Waals surface area contributed by atoms with Crippen LogP contribution in [0.4, 0.5) is 5.69 Å². The van der Waals surface area contributed by atoms with Crippen LogP contribution in [0.1, 0.15) is 0 Å². The fraction of sp³-hybridized carbons (Fsp3) is 0. The third-order valence-corrected chi connectivity index (χ3v) is 2.61. The molecule has 1 rings (SSSR count). The number of benzene rings is 1. The second-order valence-corrected chi connectivity index (χ2v) is 4.54. The van der Waals surface area contributed by atoms with E-state index in [2.05, 4.69) is 11.3 Å². The van der Waals surface area contributed by atoms with E-state index in [1.807, 2.05) is 0 Å². The van der Waals surface area contributed by atoms with Gasteiger partial charge in [-0.15, -0.1) is 0 Å². The van der Waals surface area contributed by atoms with E-state index in [9.17, 15) is 13.5 Å². The molecule has 0 radical (unpaired) electrons. The van der Waals surface area contributed by atoms with Gasteiger partial charge in [0, 0.05) is 10.4 Å². The van der Waals surface area contributed by atoms with Crippen LogP contribution in [-0.4, -0.2) is 13.5 Å². The summed E-state index contributed by atoms with van der Waals surface area (Å²) in [6.45, 7) is 3.12. The molecular weight excluding hydrogens is 226 g/mol. The zero-order valence-electron chi connectivity index (χ0n) is 7.07. The zero-order valence-corrected chi connectivity index (χ0v) is 8.64. The molecule has 76 valence electrons. The van der Waals surface area contributed by atoms with E-state index in [1.165, 1.54) is 18.2 Å². The second kappa shape index (κ2) is 3.89. The Morgan fingerprint density at radius 3 is 2.71 bits per heavy atom. The summed E-state index contributed by atoms with van der Waals surface area (Å²) < 4.78 is 24.2. The van der Waals surface area contributed by atoms with Gasteiger partial charge in [-0.1, -0.05) is 18.2 Å². The molecule has 0 aromatic heterocycles. The monoisotopic (exact) mass is 233 g/mol. The fourth-order valence-electron chi connectivity index (χ4n) is 0.785. The third-order valence-electron chi connectivity index (χ3n) is 1.43. The van der Waals surface area contributed by atoms with E-state index >= 15 is 0 Å². The lowest BCUT2D eigenvalue weighted by Crippen LogP contribution is -2.08. The highest BCUT2D eigenvalue weighted by molar-refractivity contribution is 7.95. The first-order valence-electron chi connectivity index (χ1n) is 3.58. The molecule has 6 heteroatoms. The number of nitrogens with one attached hydrogen (secondary N) is 1. The van der Waals surface area contributed by atoms with Gasteiger partial charge in [0.05, 0.1) is 5.69 Å². The fourth-order valence-corrected chi connectivity index (χ4v) is 1.51. The van der Waals surface area contributed by atoms with Crippen molar-refractivity contribution in [2.45, 2.75) is 0 Å². The highest BCUT2D eigenvalue weighted by Crippen LogP contribution is 2.27. The lowest BCUT2D eigenvalue weighted by Gasteiger charge is -2.06. The molecule has 0 atom stereocenters. The predicted molar refractivity (Wildman–Crippen MR) is 55.9 cm³/mol. The van der Waals surface area contributed by atoms with Crippen molar-refractivity contribution in [2.24, 2.45) is 0 Å². The standard InChI is InChI=1S/C8H8ClNO3S/c1-2-14(12,13)10-7-5-6(9)3-4-8(7)11/h2-5,10-11H,1H2. The maximum absolute atomic E-state index is 11.0. The Morgan fingerprint density at radius 2 is 2.14 bits per heavy atom. The van der Waals surface area contributed by atoms with Crippen LogP contribution < -0.4 is 4.72 Å². The molecule has 1 aromatic rings. The molecule has 0 aliphatic heterocycles. The molecule has 0 aliphatic carbocycles. The molecule has 0 saturated carbocycles. The van der Waals surface area contributed by atoms with Crippen LogP contribution in [0.5, 0.6) is 5.75 Å². The number of anilines is 1. The average molecular weight is 234 g/mol. The lowest BCUT2D eigenvalue weighted by atomic mass is 10.3. The van der Waals surface area contributed by atoms with Gasteiger partial charge in [-0.25, -0.2) is 8.42 Å². The normalized spacial score (nSPS) is 10.9. The number of phenols is 1. The second-order valence-electron chi connectivity index (χ2n) is 2.48. The summed E-state index contributed by atoms with van der Waals surface area (Å²) >= 11 is 5.62.